The maximum atomic E-state index is 8.64. The van der Waals surface area contributed by atoms with Gasteiger partial charge in [-0.05, 0) is 19.1 Å². The van der Waals surface area contributed by atoms with E-state index in [9.17, 15) is 0 Å². The number of ether oxygens (including phenoxy) is 1. The van der Waals surface area contributed by atoms with Gasteiger partial charge in [-0.15, -0.1) is 0 Å². The monoisotopic (exact) mass is 207 g/mol. The van der Waals surface area contributed by atoms with Gasteiger partial charge in [0.1, 0.15) is 18.4 Å². The second-order valence-electron chi connectivity index (χ2n) is 2.63. The molecule has 1 rings (SSSR count). The number of halogens is 1. The third-order valence-corrected chi connectivity index (χ3v) is 1.96. The fraction of sp³-hybridized carbons (Fsp3) is 0.182. The van der Waals surface area contributed by atoms with Gasteiger partial charge in [-0.3, -0.25) is 0 Å². The van der Waals surface area contributed by atoms with Gasteiger partial charge in [0.15, 0.2) is 0 Å². The highest BCUT2D eigenvalue weighted by Crippen LogP contribution is 2.21. The van der Waals surface area contributed by atoms with Crippen LogP contribution in [-0.4, -0.2) is 6.61 Å². The van der Waals surface area contributed by atoms with Crippen molar-refractivity contribution in [1.82, 2.24) is 0 Å². The molecule has 0 aliphatic rings. The van der Waals surface area contributed by atoms with Crippen LogP contribution in [0.25, 0.3) is 0 Å². The maximum Gasteiger partial charge on any atom is 0.121 e. The lowest BCUT2D eigenvalue weighted by atomic mass is 10.2. The van der Waals surface area contributed by atoms with Crippen LogP contribution in [0, 0.1) is 11.3 Å². The Hall–Kier alpha value is -1.46. The van der Waals surface area contributed by atoms with Gasteiger partial charge in [-0.2, -0.15) is 5.26 Å². The molecule has 0 saturated carbocycles. The summed E-state index contributed by atoms with van der Waals surface area (Å²) in [6, 6.07) is 7.01. The molecule has 0 heterocycles. The summed E-state index contributed by atoms with van der Waals surface area (Å²) < 4.78 is 5.35. The second kappa shape index (κ2) is 5.31. The van der Waals surface area contributed by atoms with Gasteiger partial charge in [-0.1, -0.05) is 23.8 Å². The van der Waals surface area contributed by atoms with Crippen LogP contribution in [0.4, 0.5) is 0 Å². The summed E-state index contributed by atoms with van der Waals surface area (Å²) in [6.45, 7) is 2.44. The molecule has 0 unspecified atom stereocenters. The molecule has 72 valence electrons. The summed E-state index contributed by atoms with van der Waals surface area (Å²) in [5.41, 5.74) is 0.463. The van der Waals surface area contributed by atoms with Gasteiger partial charge in [-0.25, -0.2) is 0 Å². The third-order valence-electron chi connectivity index (χ3n) is 1.64. The summed E-state index contributed by atoms with van der Waals surface area (Å²) in [4.78, 5) is 0. The highest BCUT2D eigenvalue weighted by molar-refractivity contribution is 6.31. The molecule has 3 heteroatoms. The molecular weight excluding hydrogens is 198 g/mol. The smallest absolute Gasteiger partial charge is 0.121 e. The lowest BCUT2D eigenvalue weighted by molar-refractivity contribution is 0.363. The van der Waals surface area contributed by atoms with E-state index >= 15 is 0 Å². The van der Waals surface area contributed by atoms with E-state index in [2.05, 4.69) is 0 Å². The first-order valence-corrected chi connectivity index (χ1v) is 4.59. The van der Waals surface area contributed by atoms with Crippen molar-refractivity contribution < 1.29 is 4.74 Å². The average molecular weight is 208 g/mol. The minimum Gasteiger partial charge on any atom is -0.489 e. The van der Waals surface area contributed by atoms with E-state index in [1.807, 2.05) is 25.1 Å². The van der Waals surface area contributed by atoms with Crippen LogP contribution in [0.15, 0.2) is 30.4 Å². The molecule has 0 aliphatic heterocycles. The Morgan fingerprint density at radius 3 is 2.93 bits per heavy atom. The summed E-state index contributed by atoms with van der Waals surface area (Å²) >= 11 is 5.82. The van der Waals surface area contributed by atoms with Crippen molar-refractivity contribution in [2.45, 2.75) is 6.92 Å². The van der Waals surface area contributed by atoms with Gasteiger partial charge in [0.2, 0.25) is 0 Å². The quantitative estimate of drug-likeness (QED) is 0.714. The number of hydrogen-bond acceptors (Lipinski definition) is 2. The third kappa shape index (κ3) is 2.79. The zero-order valence-corrected chi connectivity index (χ0v) is 8.58. The largest absolute Gasteiger partial charge is 0.489 e. The summed E-state index contributed by atoms with van der Waals surface area (Å²) in [6.07, 6.45) is 3.80. The average Bonchev–Trinajstić information content (AvgIpc) is 2.18. The highest BCUT2D eigenvalue weighted by atomic mass is 35.5. The lowest BCUT2D eigenvalue weighted by Gasteiger charge is -2.03. The molecule has 14 heavy (non-hydrogen) atoms. The summed E-state index contributed by atoms with van der Waals surface area (Å²) in [5, 5.41) is 9.06. The number of hydrogen-bond donors (Lipinski definition) is 0. The van der Waals surface area contributed by atoms with Gasteiger partial charge < -0.3 is 4.74 Å². The topological polar surface area (TPSA) is 33.0 Å². The lowest BCUT2D eigenvalue weighted by Crippen LogP contribution is -1.93. The van der Waals surface area contributed by atoms with E-state index in [0.29, 0.717) is 22.9 Å². The van der Waals surface area contributed by atoms with Crippen molar-refractivity contribution in [3.05, 3.63) is 40.9 Å². The number of nitrogens with zero attached hydrogens (tertiary/aromatic N) is 1. The predicted octanol–water partition coefficient (Wildman–Crippen LogP) is 3.17. The van der Waals surface area contributed by atoms with E-state index in [1.54, 1.807) is 18.2 Å². The van der Waals surface area contributed by atoms with E-state index in [1.165, 1.54) is 0 Å². The molecule has 0 aliphatic carbocycles. The first-order valence-electron chi connectivity index (χ1n) is 4.21. The van der Waals surface area contributed by atoms with Crippen molar-refractivity contribution in [2.75, 3.05) is 6.61 Å². The van der Waals surface area contributed by atoms with E-state index < -0.39 is 0 Å². The molecule has 2 nitrogen and oxygen atoms in total. The summed E-state index contributed by atoms with van der Waals surface area (Å²) in [5.74, 6) is 0.673. The molecule has 1 aromatic carbocycles. The van der Waals surface area contributed by atoms with E-state index in [0.717, 1.165) is 0 Å². The van der Waals surface area contributed by atoms with Gasteiger partial charge in [0.25, 0.3) is 0 Å². The zero-order valence-electron chi connectivity index (χ0n) is 7.83. The highest BCUT2D eigenvalue weighted by Gasteiger charge is 2.00. The van der Waals surface area contributed by atoms with Crippen LogP contribution in [0.5, 0.6) is 5.75 Å². The molecule has 0 spiro atoms. The Labute approximate surface area is 88.4 Å². The van der Waals surface area contributed by atoms with Crippen molar-refractivity contribution >= 4 is 11.6 Å². The molecule has 0 bridgehead atoms. The minimum atomic E-state index is 0.422. The Bertz CT molecular complexity index is 379. The molecule has 0 atom stereocenters. The van der Waals surface area contributed by atoms with Crippen molar-refractivity contribution in [1.29, 1.82) is 5.26 Å². The van der Waals surface area contributed by atoms with Gasteiger partial charge >= 0.3 is 0 Å². The van der Waals surface area contributed by atoms with Crippen LogP contribution in [0.3, 0.4) is 0 Å². The van der Waals surface area contributed by atoms with E-state index in [-0.39, 0.29) is 0 Å². The molecular formula is C11H10ClNO. The fourth-order valence-corrected chi connectivity index (χ4v) is 1.13. The fourth-order valence-electron chi connectivity index (χ4n) is 0.917. The summed E-state index contributed by atoms with van der Waals surface area (Å²) in [7, 11) is 0. The molecule has 0 amide bonds. The Kier molecular flexibility index (Phi) is 4.03. The van der Waals surface area contributed by atoms with Crippen molar-refractivity contribution in [2.24, 2.45) is 0 Å². The Morgan fingerprint density at radius 1 is 1.57 bits per heavy atom. The first-order chi connectivity index (χ1) is 6.77. The molecule has 0 saturated heterocycles. The Morgan fingerprint density at radius 2 is 2.36 bits per heavy atom. The molecule has 0 radical (unpaired) electrons. The molecule has 0 fully saturated rings. The molecule has 0 aromatic heterocycles. The number of rotatable bonds is 3. The van der Waals surface area contributed by atoms with Crippen LogP contribution in [0.1, 0.15) is 12.5 Å². The Balaban J connectivity index is 2.72. The van der Waals surface area contributed by atoms with Gasteiger partial charge in [0, 0.05) is 6.07 Å². The first kappa shape index (κ1) is 10.6. The van der Waals surface area contributed by atoms with Crippen LogP contribution in [-0.2, 0) is 0 Å². The number of allylic oxidation sites excluding steroid dienone is 1. The predicted molar refractivity (Wildman–Crippen MR) is 56.5 cm³/mol. The van der Waals surface area contributed by atoms with Crippen molar-refractivity contribution in [3.8, 4) is 11.8 Å². The standard InChI is InChI=1S/C11H10ClNO/c1-2-3-6-14-10-5-4-9(8-13)11(12)7-10/h2-5,7H,6H2,1H3. The normalized spacial score (nSPS) is 10.1. The molecule has 0 N–H and O–H groups in total. The van der Waals surface area contributed by atoms with Crippen LogP contribution in [0.2, 0.25) is 5.02 Å². The van der Waals surface area contributed by atoms with E-state index in [4.69, 9.17) is 21.6 Å². The maximum absolute atomic E-state index is 8.64. The van der Waals surface area contributed by atoms with Gasteiger partial charge in [0.05, 0.1) is 10.6 Å². The number of nitriles is 1. The van der Waals surface area contributed by atoms with Crippen molar-refractivity contribution in [3.63, 3.8) is 0 Å². The van der Waals surface area contributed by atoms with Crippen LogP contribution < -0.4 is 4.74 Å². The SMILES string of the molecule is CC=CCOc1ccc(C#N)c(Cl)c1. The van der Waals surface area contributed by atoms with Crippen LogP contribution >= 0.6 is 11.6 Å². The molecule has 1 aromatic rings. The second-order valence-corrected chi connectivity index (χ2v) is 3.04. The zero-order chi connectivity index (χ0) is 10.4. The minimum absolute atomic E-state index is 0.422. The number of benzene rings is 1.